The van der Waals surface area contributed by atoms with Gasteiger partial charge < -0.3 is 5.11 Å². The van der Waals surface area contributed by atoms with E-state index in [1.807, 2.05) is 0 Å². The van der Waals surface area contributed by atoms with Crippen molar-refractivity contribution in [2.45, 2.75) is 17.7 Å². The molecule has 2 rings (SSSR count). The van der Waals surface area contributed by atoms with Crippen LogP contribution in [0, 0.1) is 0 Å². The number of carboxylic acid groups (broad SMARTS) is 1. The van der Waals surface area contributed by atoms with Gasteiger partial charge in [0, 0.05) is 19.7 Å². The van der Waals surface area contributed by atoms with E-state index in [1.54, 1.807) is 25.4 Å². The maximum Gasteiger partial charge on any atom is 0.303 e. The van der Waals surface area contributed by atoms with Crippen molar-refractivity contribution >= 4 is 21.7 Å². The lowest BCUT2D eigenvalue weighted by Crippen LogP contribution is -2.12. The Labute approximate surface area is 122 Å². The number of hydrogen-bond acceptors (Lipinski definition) is 4. The van der Waals surface area contributed by atoms with E-state index in [2.05, 4.69) is 9.82 Å². The third-order valence-corrected chi connectivity index (χ3v) is 4.22. The third-order valence-electron chi connectivity index (χ3n) is 2.82. The Morgan fingerprint density at radius 1 is 1.33 bits per heavy atom. The second kappa shape index (κ2) is 5.96. The predicted molar refractivity (Wildman–Crippen MR) is 76.4 cm³/mol. The molecule has 0 saturated carbocycles. The number of anilines is 1. The van der Waals surface area contributed by atoms with E-state index < -0.39 is 16.0 Å². The maximum atomic E-state index is 12.1. The highest BCUT2D eigenvalue weighted by Crippen LogP contribution is 2.16. The Hall–Kier alpha value is -2.35. The summed E-state index contributed by atoms with van der Waals surface area (Å²) in [6.07, 6.45) is 3.35. The first-order valence-corrected chi connectivity index (χ1v) is 7.67. The van der Waals surface area contributed by atoms with Crippen molar-refractivity contribution in [1.82, 2.24) is 9.78 Å². The Morgan fingerprint density at radius 3 is 2.52 bits per heavy atom. The van der Waals surface area contributed by atoms with Crippen molar-refractivity contribution in [3.63, 3.8) is 0 Å². The SMILES string of the molecule is Cn1cc(NS(=O)(=O)c2ccc(CCC(=O)O)cc2)cn1. The van der Waals surface area contributed by atoms with Crippen LogP contribution in [0.2, 0.25) is 0 Å². The van der Waals surface area contributed by atoms with Gasteiger partial charge in [0.15, 0.2) is 0 Å². The first kappa shape index (κ1) is 15.0. The molecule has 0 amide bonds. The molecule has 112 valence electrons. The molecular weight excluding hydrogens is 294 g/mol. The van der Waals surface area contributed by atoms with Crippen LogP contribution < -0.4 is 4.72 Å². The highest BCUT2D eigenvalue weighted by molar-refractivity contribution is 7.92. The van der Waals surface area contributed by atoms with Crippen LogP contribution in [-0.2, 0) is 28.3 Å². The summed E-state index contributed by atoms with van der Waals surface area (Å²) in [4.78, 5) is 10.6. The quantitative estimate of drug-likeness (QED) is 0.836. The average molecular weight is 309 g/mol. The maximum absolute atomic E-state index is 12.1. The molecule has 0 aliphatic carbocycles. The van der Waals surface area contributed by atoms with Crippen molar-refractivity contribution in [3.8, 4) is 0 Å². The fourth-order valence-corrected chi connectivity index (χ4v) is 2.80. The molecule has 1 aromatic heterocycles. The number of aromatic nitrogens is 2. The molecule has 8 heteroatoms. The number of benzene rings is 1. The zero-order valence-corrected chi connectivity index (χ0v) is 12.2. The summed E-state index contributed by atoms with van der Waals surface area (Å²) in [6.45, 7) is 0. The van der Waals surface area contributed by atoms with E-state index in [0.29, 0.717) is 12.1 Å². The lowest BCUT2D eigenvalue weighted by Gasteiger charge is -2.06. The molecule has 0 unspecified atom stereocenters. The largest absolute Gasteiger partial charge is 0.481 e. The molecule has 2 N–H and O–H groups in total. The van der Waals surface area contributed by atoms with Gasteiger partial charge in [-0.15, -0.1) is 0 Å². The topological polar surface area (TPSA) is 101 Å². The van der Waals surface area contributed by atoms with Crippen LogP contribution in [0.25, 0.3) is 0 Å². The summed E-state index contributed by atoms with van der Waals surface area (Å²) in [5.41, 5.74) is 1.16. The standard InChI is InChI=1S/C13H15N3O4S/c1-16-9-11(8-14-16)15-21(19,20)12-5-2-10(3-6-12)4-7-13(17)18/h2-3,5-6,8-9,15H,4,7H2,1H3,(H,17,18). The molecule has 0 aliphatic heterocycles. The van der Waals surface area contributed by atoms with Crippen molar-refractivity contribution in [1.29, 1.82) is 0 Å². The molecular formula is C13H15N3O4S. The zero-order valence-electron chi connectivity index (χ0n) is 11.4. The molecule has 7 nitrogen and oxygen atoms in total. The smallest absolute Gasteiger partial charge is 0.303 e. The fourth-order valence-electron chi connectivity index (χ4n) is 1.77. The molecule has 0 bridgehead atoms. The van der Waals surface area contributed by atoms with Gasteiger partial charge in [-0.3, -0.25) is 14.2 Å². The molecule has 21 heavy (non-hydrogen) atoms. The van der Waals surface area contributed by atoms with Crippen LogP contribution in [0.1, 0.15) is 12.0 Å². The summed E-state index contributed by atoms with van der Waals surface area (Å²) in [5, 5.41) is 12.5. The Balaban J connectivity index is 2.11. The average Bonchev–Trinajstić information content (AvgIpc) is 2.81. The van der Waals surface area contributed by atoms with Crippen molar-refractivity contribution in [3.05, 3.63) is 42.2 Å². The minimum absolute atomic E-state index is 0.0139. The molecule has 1 heterocycles. The highest BCUT2D eigenvalue weighted by atomic mass is 32.2. The number of hydrogen-bond donors (Lipinski definition) is 2. The Bertz CT molecular complexity index is 735. The van der Waals surface area contributed by atoms with Crippen LogP contribution >= 0.6 is 0 Å². The number of aliphatic carboxylic acids is 1. The third kappa shape index (κ3) is 4.06. The van der Waals surface area contributed by atoms with Gasteiger partial charge in [-0.05, 0) is 24.1 Å². The number of aryl methyl sites for hydroxylation is 2. The van der Waals surface area contributed by atoms with Crippen LogP contribution in [0.15, 0.2) is 41.6 Å². The molecule has 0 radical (unpaired) electrons. The van der Waals surface area contributed by atoms with E-state index >= 15 is 0 Å². The molecule has 2 aromatic rings. The first-order chi connectivity index (χ1) is 9.87. The van der Waals surface area contributed by atoms with Crippen molar-refractivity contribution in [2.75, 3.05) is 4.72 Å². The van der Waals surface area contributed by atoms with Gasteiger partial charge in [0.2, 0.25) is 0 Å². The molecule has 0 fully saturated rings. The lowest BCUT2D eigenvalue weighted by atomic mass is 10.1. The Kier molecular flexibility index (Phi) is 4.27. The summed E-state index contributed by atoms with van der Waals surface area (Å²) in [5.74, 6) is -0.884. The predicted octanol–water partition coefficient (Wildman–Crippen LogP) is 1.24. The van der Waals surface area contributed by atoms with Crippen molar-refractivity contribution in [2.24, 2.45) is 7.05 Å². The van der Waals surface area contributed by atoms with Gasteiger partial charge in [-0.25, -0.2) is 8.42 Å². The van der Waals surface area contributed by atoms with Crippen molar-refractivity contribution < 1.29 is 18.3 Å². The van der Waals surface area contributed by atoms with E-state index in [9.17, 15) is 13.2 Å². The van der Waals surface area contributed by atoms with Gasteiger partial charge in [0.05, 0.1) is 16.8 Å². The van der Waals surface area contributed by atoms with E-state index in [1.165, 1.54) is 23.0 Å². The normalized spacial score (nSPS) is 11.3. The first-order valence-electron chi connectivity index (χ1n) is 6.19. The van der Waals surface area contributed by atoms with Crippen LogP contribution in [0.3, 0.4) is 0 Å². The van der Waals surface area contributed by atoms with Gasteiger partial charge in [0.1, 0.15) is 0 Å². The minimum Gasteiger partial charge on any atom is -0.481 e. The highest BCUT2D eigenvalue weighted by Gasteiger charge is 2.14. The van der Waals surface area contributed by atoms with Crippen LogP contribution in [0.4, 0.5) is 5.69 Å². The molecule has 0 aliphatic rings. The molecule has 0 spiro atoms. The fraction of sp³-hybridized carbons (Fsp3) is 0.231. The minimum atomic E-state index is -3.67. The lowest BCUT2D eigenvalue weighted by molar-refractivity contribution is -0.136. The number of nitrogens with one attached hydrogen (secondary N) is 1. The van der Waals surface area contributed by atoms with Crippen LogP contribution in [0.5, 0.6) is 0 Å². The Morgan fingerprint density at radius 2 is 2.00 bits per heavy atom. The molecule has 1 aromatic carbocycles. The zero-order chi connectivity index (χ0) is 15.5. The number of carboxylic acids is 1. The number of rotatable bonds is 6. The molecule has 0 atom stereocenters. The van der Waals surface area contributed by atoms with Crippen LogP contribution in [-0.4, -0.2) is 29.3 Å². The second-order valence-corrected chi connectivity index (χ2v) is 6.23. The van der Waals surface area contributed by atoms with Gasteiger partial charge >= 0.3 is 5.97 Å². The summed E-state index contributed by atoms with van der Waals surface area (Å²) < 4.78 is 28.2. The van der Waals surface area contributed by atoms with Gasteiger partial charge in [-0.2, -0.15) is 5.10 Å². The summed E-state index contributed by atoms with van der Waals surface area (Å²) in [6, 6.07) is 6.13. The monoisotopic (exact) mass is 309 g/mol. The van der Waals surface area contributed by atoms with Gasteiger partial charge in [-0.1, -0.05) is 12.1 Å². The van der Waals surface area contributed by atoms with E-state index in [4.69, 9.17) is 5.11 Å². The number of nitrogens with zero attached hydrogens (tertiary/aromatic N) is 2. The van der Waals surface area contributed by atoms with Gasteiger partial charge in [0.25, 0.3) is 10.0 Å². The molecule has 0 saturated heterocycles. The van der Waals surface area contributed by atoms with E-state index in [-0.39, 0.29) is 11.3 Å². The van der Waals surface area contributed by atoms with E-state index in [0.717, 1.165) is 5.56 Å². The number of carbonyl (C=O) groups is 1. The summed E-state index contributed by atoms with van der Waals surface area (Å²) >= 11 is 0. The second-order valence-electron chi connectivity index (χ2n) is 4.55. The summed E-state index contributed by atoms with van der Waals surface area (Å²) in [7, 11) is -1.98. The number of sulfonamides is 1.